The van der Waals surface area contributed by atoms with Crippen LogP contribution in [0.5, 0.6) is 5.75 Å². The maximum absolute atomic E-state index is 13.4. The Labute approximate surface area is 227 Å². The van der Waals surface area contributed by atoms with Gasteiger partial charge in [0, 0.05) is 22.6 Å². The van der Waals surface area contributed by atoms with E-state index in [1.54, 1.807) is 18.2 Å². The Morgan fingerprint density at radius 1 is 1.09 bits per heavy atom. The van der Waals surface area contributed by atoms with Crippen molar-refractivity contribution in [1.82, 2.24) is 10.2 Å². The molecule has 0 aliphatic heterocycles. The normalized spacial score (nSPS) is 13.2. The first-order valence-corrected chi connectivity index (χ1v) is 13.4. The van der Waals surface area contributed by atoms with Gasteiger partial charge in [0.15, 0.2) is 6.61 Å². The molecule has 0 fully saturated rings. The molecule has 2 rings (SSSR count). The van der Waals surface area contributed by atoms with E-state index in [2.05, 4.69) is 42.0 Å². The third-order valence-corrected chi connectivity index (χ3v) is 7.10. The predicted octanol–water partition coefficient (Wildman–Crippen LogP) is 7.15. The Morgan fingerprint density at radius 2 is 1.77 bits per heavy atom. The molecule has 0 heterocycles. The number of amides is 2. The standard InChI is InChI=1S/C27H35BrCl2N2O3/c1-7-17(3)31-26(34)23(8-2)32(15-18-9-11-20(29)14-22(18)30)25(33)16-35-24-12-10-19(13-21(24)28)27(4,5)6/h9-14,17,23H,7-8,15-16H2,1-6H3,(H,31,34)/t17-,23+/m1/s1. The summed E-state index contributed by atoms with van der Waals surface area (Å²) in [7, 11) is 0. The summed E-state index contributed by atoms with van der Waals surface area (Å²) in [6.45, 7) is 12.2. The number of benzene rings is 2. The lowest BCUT2D eigenvalue weighted by Crippen LogP contribution is -2.51. The van der Waals surface area contributed by atoms with Gasteiger partial charge in [-0.05, 0) is 76.5 Å². The van der Waals surface area contributed by atoms with Crippen molar-refractivity contribution in [2.75, 3.05) is 6.61 Å². The van der Waals surface area contributed by atoms with Crippen LogP contribution in [0.25, 0.3) is 0 Å². The second-order valence-corrected chi connectivity index (χ2v) is 11.4. The van der Waals surface area contributed by atoms with Gasteiger partial charge in [-0.3, -0.25) is 9.59 Å². The van der Waals surface area contributed by atoms with Crippen molar-refractivity contribution in [3.63, 3.8) is 0 Å². The minimum atomic E-state index is -0.668. The summed E-state index contributed by atoms with van der Waals surface area (Å²) in [5.74, 6) is 0.0536. The van der Waals surface area contributed by atoms with Crippen LogP contribution in [0.2, 0.25) is 10.0 Å². The molecular formula is C27H35BrCl2N2O3. The minimum Gasteiger partial charge on any atom is -0.483 e. The zero-order valence-electron chi connectivity index (χ0n) is 21.3. The quantitative estimate of drug-likeness (QED) is 0.322. The predicted molar refractivity (Wildman–Crippen MR) is 147 cm³/mol. The number of halogens is 3. The number of ether oxygens (including phenoxy) is 1. The molecule has 2 atom stereocenters. The molecule has 0 bridgehead atoms. The Balaban J connectivity index is 2.29. The van der Waals surface area contributed by atoms with Crippen molar-refractivity contribution in [1.29, 1.82) is 0 Å². The molecule has 2 amide bonds. The number of hydrogen-bond donors (Lipinski definition) is 1. The highest BCUT2D eigenvalue weighted by Crippen LogP contribution is 2.31. The molecule has 0 aliphatic carbocycles. The van der Waals surface area contributed by atoms with E-state index in [1.165, 1.54) is 4.90 Å². The fourth-order valence-electron chi connectivity index (χ4n) is 3.50. The van der Waals surface area contributed by atoms with Crippen molar-refractivity contribution >= 4 is 50.9 Å². The fourth-order valence-corrected chi connectivity index (χ4v) is 4.46. The average molecular weight is 586 g/mol. The van der Waals surface area contributed by atoms with E-state index in [1.807, 2.05) is 39.0 Å². The summed E-state index contributed by atoms with van der Waals surface area (Å²) >= 11 is 16.0. The first kappa shape index (κ1) is 29.5. The van der Waals surface area contributed by atoms with Crippen LogP contribution in [0.1, 0.15) is 65.5 Å². The van der Waals surface area contributed by atoms with E-state index in [-0.39, 0.29) is 36.4 Å². The van der Waals surface area contributed by atoms with E-state index in [0.717, 1.165) is 16.5 Å². The molecule has 0 spiro atoms. The van der Waals surface area contributed by atoms with Crippen LogP contribution < -0.4 is 10.1 Å². The van der Waals surface area contributed by atoms with E-state index < -0.39 is 6.04 Å². The smallest absolute Gasteiger partial charge is 0.261 e. The number of nitrogens with zero attached hydrogens (tertiary/aromatic N) is 1. The largest absolute Gasteiger partial charge is 0.483 e. The van der Waals surface area contributed by atoms with Gasteiger partial charge in [-0.25, -0.2) is 0 Å². The summed E-state index contributed by atoms with van der Waals surface area (Å²) in [6.07, 6.45) is 1.24. The molecule has 2 aromatic carbocycles. The zero-order chi connectivity index (χ0) is 26.3. The number of carbonyl (C=O) groups excluding carboxylic acids is 2. The van der Waals surface area contributed by atoms with Gasteiger partial charge in [-0.2, -0.15) is 0 Å². The first-order chi connectivity index (χ1) is 16.4. The fraction of sp³-hybridized carbons (Fsp3) is 0.481. The van der Waals surface area contributed by atoms with E-state index in [4.69, 9.17) is 27.9 Å². The lowest BCUT2D eigenvalue weighted by molar-refractivity contribution is -0.143. The third-order valence-electron chi connectivity index (χ3n) is 5.89. The molecular weight excluding hydrogens is 551 g/mol. The lowest BCUT2D eigenvalue weighted by Gasteiger charge is -2.31. The molecule has 0 aromatic heterocycles. The molecule has 35 heavy (non-hydrogen) atoms. The van der Waals surface area contributed by atoms with Gasteiger partial charge in [0.2, 0.25) is 5.91 Å². The van der Waals surface area contributed by atoms with Crippen LogP contribution >= 0.6 is 39.1 Å². The summed E-state index contributed by atoms with van der Waals surface area (Å²) in [5, 5.41) is 3.94. The van der Waals surface area contributed by atoms with Gasteiger partial charge in [0.25, 0.3) is 5.91 Å². The van der Waals surface area contributed by atoms with E-state index >= 15 is 0 Å². The van der Waals surface area contributed by atoms with Gasteiger partial charge in [0.1, 0.15) is 11.8 Å². The van der Waals surface area contributed by atoms with Gasteiger partial charge < -0.3 is 15.0 Å². The topological polar surface area (TPSA) is 58.6 Å². The molecule has 0 aliphatic rings. The van der Waals surface area contributed by atoms with Gasteiger partial charge in [0.05, 0.1) is 4.47 Å². The van der Waals surface area contributed by atoms with Gasteiger partial charge in [-0.15, -0.1) is 0 Å². The second-order valence-electron chi connectivity index (χ2n) is 9.68. The van der Waals surface area contributed by atoms with Crippen molar-refractivity contribution in [2.45, 2.75) is 78.4 Å². The molecule has 8 heteroatoms. The Morgan fingerprint density at radius 3 is 2.31 bits per heavy atom. The Hall–Kier alpha value is -1.76. The highest BCUT2D eigenvalue weighted by molar-refractivity contribution is 9.10. The summed E-state index contributed by atoms with van der Waals surface area (Å²) < 4.78 is 6.66. The van der Waals surface area contributed by atoms with E-state index in [0.29, 0.717) is 27.8 Å². The molecule has 1 N–H and O–H groups in total. The van der Waals surface area contributed by atoms with Crippen LogP contribution in [0.15, 0.2) is 40.9 Å². The summed E-state index contributed by atoms with van der Waals surface area (Å²) in [5.41, 5.74) is 1.84. The van der Waals surface area contributed by atoms with Crippen LogP contribution in [0, 0.1) is 0 Å². The lowest BCUT2D eigenvalue weighted by atomic mass is 9.87. The number of nitrogens with one attached hydrogen (secondary N) is 1. The molecule has 5 nitrogen and oxygen atoms in total. The monoisotopic (exact) mass is 584 g/mol. The van der Waals surface area contributed by atoms with Gasteiger partial charge in [-0.1, -0.05) is 70.0 Å². The molecule has 0 unspecified atom stereocenters. The summed E-state index contributed by atoms with van der Waals surface area (Å²) in [6, 6.07) is 10.3. The van der Waals surface area contributed by atoms with Crippen molar-refractivity contribution in [3.8, 4) is 5.75 Å². The second kappa shape index (κ2) is 13.0. The maximum atomic E-state index is 13.4. The van der Waals surface area contributed by atoms with Crippen molar-refractivity contribution in [3.05, 3.63) is 62.0 Å². The van der Waals surface area contributed by atoms with Crippen LogP contribution in [-0.2, 0) is 21.5 Å². The zero-order valence-corrected chi connectivity index (χ0v) is 24.4. The van der Waals surface area contributed by atoms with Crippen LogP contribution in [0.3, 0.4) is 0 Å². The maximum Gasteiger partial charge on any atom is 0.261 e. The van der Waals surface area contributed by atoms with Crippen molar-refractivity contribution in [2.24, 2.45) is 0 Å². The highest BCUT2D eigenvalue weighted by atomic mass is 79.9. The number of rotatable bonds is 10. The van der Waals surface area contributed by atoms with E-state index in [9.17, 15) is 9.59 Å². The first-order valence-electron chi connectivity index (χ1n) is 11.8. The van der Waals surface area contributed by atoms with Gasteiger partial charge >= 0.3 is 0 Å². The SMILES string of the molecule is CC[C@@H](C)NC(=O)[C@H](CC)N(Cc1ccc(Cl)cc1Cl)C(=O)COc1ccc(C(C)(C)C)cc1Br. The molecule has 0 saturated carbocycles. The average Bonchev–Trinajstić information content (AvgIpc) is 2.78. The highest BCUT2D eigenvalue weighted by Gasteiger charge is 2.30. The molecule has 192 valence electrons. The number of hydrogen-bond acceptors (Lipinski definition) is 3. The van der Waals surface area contributed by atoms with Crippen LogP contribution in [0.4, 0.5) is 0 Å². The number of carbonyl (C=O) groups is 2. The molecule has 2 aromatic rings. The molecule has 0 radical (unpaired) electrons. The van der Waals surface area contributed by atoms with Crippen molar-refractivity contribution < 1.29 is 14.3 Å². The molecule has 0 saturated heterocycles. The third kappa shape index (κ3) is 8.40. The Kier molecular flexibility index (Phi) is 10.9. The van der Waals surface area contributed by atoms with Crippen LogP contribution in [-0.4, -0.2) is 35.4 Å². The summed E-state index contributed by atoms with van der Waals surface area (Å²) in [4.78, 5) is 28.0. The Bertz CT molecular complexity index is 1040. The minimum absolute atomic E-state index is 0.00107.